The van der Waals surface area contributed by atoms with Crippen LogP contribution in [-0.4, -0.2) is 15.7 Å². The summed E-state index contributed by atoms with van der Waals surface area (Å²) in [5.41, 5.74) is 6.14. The van der Waals surface area contributed by atoms with Crippen LogP contribution in [0.4, 0.5) is 5.95 Å². The third-order valence-corrected chi connectivity index (χ3v) is 7.19. The average Bonchev–Trinajstić information content (AvgIpc) is 3.35. The summed E-state index contributed by atoms with van der Waals surface area (Å²) in [7, 11) is 0. The lowest BCUT2D eigenvalue weighted by atomic mass is 9.98. The quantitative estimate of drug-likeness (QED) is 0.214. The highest BCUT2D eigenvalue weighted by molar-refractivity contribution is 9.10. The van der Waals surface area contributed by atoms with Gasteiger partial charge in [-0.05, 0) is 41.5 Å². The largest absolute Gasteiger partial charge is 0.247 e. The van der Waals surface area contributed by atoms with Gasteiger partial charge in [-0.25, -0.2) is 15.0 Å². The van der Waals surface area contributed by atoms with E-state index in [1.54, 1.807) is 0 Å². The van der Waals surface area contributed by atoms with Crippen molar-refractivity contribution in [1.29, 1.82) is 0 Å². The molecular weight excluding hydrogens is 564 g/mol. The van der Waals surface area contributed by atoms with Crippen LogP contribution in [0.2, 0.25) is 0 Å². The zero-order valence-electron chi connectivity index (χ0n) is 18.6. The Labute approximate surface area is 220 Å². The Bertz CT molecular complexity index is 1550. The van der Waals surface area contributed by atoms with E-state index in [0.717, 1.165) is 54.4 Å². The van der Waals surface area contributed by atoms with Crippen LogP contribution in [0.3, 0.4) is 0 Å². The number of rotatable bonds is 4. The summed E-state index contributed by atoms with van der Waals surface area (Å²) < 4.78 is 2.09. The van der Waals surface area contributed by atoms with E-state index in [1.165, 1.54) is 0 Å². The molecule has 0 amide bonds. The van der Waals surface area contributed by atoms with Crippen LogP contribution in [-0.2, 0) is 0 Å². The zero-order chi connectivity index (χ0) is 23.8. The van der Waals surface area contributed by atoms with E-state index < -0.39 is 0 Å². The number of benzene rings is 4. The van der Waals surface area contributed by atoms with Crippen molar-refractivity contribution in [2.24, 2.45) is 5.10 Å². The van der Waals surface area contributed by atoms with Gasteiger partial charge < -0.3 is 0 Å². The Balaban J connectivity index is 1.53. The van der Waals surface area contributed by atoms with Gasteiger partial charge in [-0.2, -0.15) is 5.10 Å². The molecule has 35 heavy (non-hydrogen) atoms. The first-order chi connectivity index (χ1) is 17.2. The molecule has 1 atom stereocenters. The average molecular weight is 584 g/mol. The van der Waals surface area contributed by atoms with E-state index in [4.69, 9.17) is 15.1 Å². The van der Waals surface area contributed by atoms with Gasteiger partial charge >= 0.3 is 0 Å². The van der Waals surface area contributed by atoms with Crippen LogP contribution >= 0.6 is 31.9 Å². The second-order valence-corrected chi connectivity index (χ2v) is 10.3. The lowest BCUT2D eigenvalue weighted by Gasteiger charge is -2.23. The molecule has 0 aliphatic carbocycles. The molecule has 1 aliphatic heterocycles. The third kappa shape index (κ3) is 4.40. The van der Waals surface area contributed by atoms with Crippen LogP contribution in [0, 0.1) is 0 Å². The minimum Gasteiger partial charge on any atom is -0.223 e. The molecule has 5 aromatic rings. The Hall–Kier alpha value is -3.35. The molecule has 0 N–H and O–H groups in total. The Morgan fingerprint density at radius 1 is 0.686 bits per heavy atom. The first kappa shape index (κ1) is 22.1. The highest BCUT2D eigenvalue weighted by Gasteiger charge is 2.32. The summed E-state index contributed by atoms with van der Waals surface area (Å²) in [6.07, 6.45) is 0.759. The lowest BCUT2D eigenvalue weighted by Crippen LogP contribution is -2.21. The molecule has 0 radical (unpaired) electrons. The van der Waals surface area contributed by atoms with Crippen LogP contribution < -0.4 is 5.01 Å². The molecule has 6 rings (SSSR count). The van der Waals surface area contributed by atoms with Gasteiger partial charge in [-0.3, -0.25) is 0 Å². The number of nitrogens with zero attached hydrogens (tertiary/aromatic N) is 4. The van der Waals surface area contributed by atoms with E-state index in [0.29, 0.717) is 5.95 Å². The van der Waals surface area contributed by atoms with Gasteiger partial charge in [-0.1, -0.05) is 105 Å². The van der Waals surface area contributed by atoms with Crippen molar-refractivity contribution in [3.05, 3.63) is 123 Å². The number of aromatic nitrogens is 2. The summed E-state index contributed by atoms with van der Waals surface area (Å²) in [4.78, 5) is 10.1. The molecule has 0 saturated heterocycles. The maximum Gasteiger partial charge on any atom is 0.247 e. The van der Waals surface area contributed by atoms with E-state index >= 15 is 0 Å². The number of hydrazone groups is 1. The highest BCUT2D eigenvalue weighted by atomic mass is 79.9. The lowest BCUT2D eigenvalue weighted by molar-refractivity contribution is 0.688. The van der Waals surface area contributed by atoms with Crippen molar-refractivity contribution in [3.8, 4) is 11.3 Å². The summed E-state index contributed by atoms with van der Waals surface area (Å²) in [6.45, 7) is 0. The minimum atomic E-state index is -0.0177. The van der Waals surface area contributed by atoms with Crippen molar-refractivity contribution >= 4 is 54.4 Å². The number of fused-ring (bicyclic) bond motifs is 1. The van der Waals surface area contributed by atoms with Crippen LogP contribution in [0.25, 0.3) is 22.2 Å². The predicted octanol–water partition coefficient (Wildman–Crippen LogP) is 8.18. The summed E-state index contributed by atoms with van der Waals surface area (Å²) in [5.74, 6) is 0.597. The Kier molecular flexibility index (Phi) is 5.92. The summed E-state index contributed by atoms with van der Waals surface area (Å²) in [5, 5.41) is 8.09. The first-order valence-corrected chi connectivity index (χ1v) is 12.9. The molecule has 1 aromatic heterocycles. The van der Waals surface area contributed by atoms with Gasteiger partial charge in [0, 0.05) is 26.3 Å². The van der Waals surface area contributed by atoms with Crippen LogP contribution in [0.15, 0.2) is 117 Å². The molecule has 2 heterocycles. The summed E-state index contributed by atoms with van der Waals surface area (Å²) >= 11 is 7.17. The fourth-order valence-electron chi connectivity index (χ4n) is 4.47. The zero-order valence-corrected chi connectivity index (χ0v) is 21.8. The second-order valence-electron chi connectivity index (χ2n) is 8.43. The molecule has 0 unspecified atom stereocenters. The number of para-hydroxylation sites is 1. The maximum absolute atomic E-state index is 5.08. The van der Waals surface area contributed by atoms with E-state index in [2.05, 4.69) is 92.5 Å². The molecule has 0 fully saturated rings. The minimum absolute atomic E-state index is 0.0177. The molecule has 4 aromatic carbocycles. The van der Waals surface area contributed by atoms with Crippen molar-refractivity contribution in [2.45, 2.75) is 12.5 Å². The van der Waals surface area contributed by atoms with Gasteiger partial charge in [0.1, 0.15) is 0 Å². The van der Waals surface area contributed by atoms with E-state index in [-0.39, 0.29) is 6.04 Å². The topological polar surface area (TPSA) is 41.4 Å². The molecule has 6 heteroatoms. The number of hydrogen-bond donors (Lipinski definition) is 0. The first-order valence-electron chi connectivity index (χ1n) is 11.4. The smallest absolute Gasteiger partial charge is 0.223 e. The molecule has 0 bridgehead atoms. The van der Waals surface area contributed by atoms with Gasteiger partial charge in [0.05, 0.1) is 23.0 Å². The van der Waals surface area contributed by atoms with Crippen molar-refractivity contribution in [3.63, 3.8) is 0 Å². The molecule has 1 aliphatic rings. The van der Waals surface area contributed by atoms with Gasteiger partial charge in [-0.15, -0.1) is 0 Å². The maximum atomic E-state index is 5.08. The van der Waals surface area contributed by atoms with E-state index in [1.807, 2.05) is 47.5 Å². The van der Waals surface area contributed by atoms with Gasteiger partial charge in [0.2, 0.25) is 5.95 Å². The predicted molar refractivity (Wildman–Crippen MR) is 150 cm³/mol. The Morgan fingerprint density at radius 2 is 1.46 bits per heavy atom. The highest BCUT2D eigenvalue weighted by Crippen LogP contribution is 2.38. The van der Waals surface area contributed by atoms with Gasteiger partial charge in [0.15, 0.2) is 0 Å². The SMILES string of the molecule is Brc1ccc(C2=NN(c3nc(-c4ccccc4)c4ccccc4n3)[C@@H](c3cccc(Br)c3)C2)cc1. The molecule has 170 valence electrons. The van der Waals surface area contributed by atoms with Crippen molar-refractivity contribution in [1.82, 2.24) is 9.97 Å². The van der Waals surface area contributed by atoms with Crippen LogP contribution in [0.1, 0.15) is 23.6 Å². The Morgan fingerprint density at radius 3 is 2.26 bits per heavy atom. The second kappa shape index (κ2) is 9.36. The summed E-state index contributed by atoms with van der Waals surface area (Å²) in [6, 6.07) is 35.1. The molecule has 4 nitrogen and oxygen atoms in total. The fourth-order valence-corrected chi connectivity index (χ4v) is 5.15. The van der Waals surface area contributed by atoms with Gasteiger partial charge in [0.25, 0.3) is 0 Å². The molecule has 0 spiro atoms. The van der Waals surface area contributed by atoms with Crippen molar-refractivity contribution in [2.75, 3.05) is 5.01 Å². The third-order valence-electron chi connectivity index (χ3n) is 6.16. The van der Waals surface area contributed by atoms with Crippen molar-refractivity contribution < 1.29 is 0 Å². The van der Waals surface area contributed by atoms with E-state index in [9.17, 15) is 0 Å². The monoisotopic (exact) mass is 582 g/mol. The van der Waals surface area contributed by atoms with Crippen LogP contribution in [0.5, 0.6) is 0 Å². The molecule has 0 saturated carbocycles. The molecular formula is C29H20Br2N4. The normalized spacial score (nSPS) is 15.4. The fraction of sp³-hybridized carbons (Fsp3) is 0.0690. The standard InChI is InChI=1S/C29H20Br2N4/c30-22-15-13-19(14-16-22)26-18-27(21-9-6-10-23(31)17-21)35(34-26)29-32-25-12-5-4-11-24(25)28(33-29)20-7-2-1-3-8-20/h1-17,27H,18H2/t27-/m1/s1. The number of anilines is 1. The number of hydrogen-bond acceptors (Lipinski definition) is 4. The number of halogens is 2.